The molecule has 2 aromatic heterocycles. The first-order chi connectivity index (χ1) is 10.4. The van der Waals surface area contributed by atoms with E-state index in [9.17, 15) is 9.59 Å². The number of rotatable bonds is 3. The lowest BCUT2D eigenvalue weighted by Gasteiger charge is -2.02. The number of fused-ring (bicyclic) bond motifs is 1. The summed E-state index contributed by atoms with van der Waals surface area (Å²) < 4.78 is 7.96. The molecule has 0 saturated heterocycles. The van der Waals surface area contributed by atoms with Crippen LogP contribution in [0.3, 0.4) is 0 Å². The number of hydrogen-bond donors (Lipinski definition) is 1. The predicted octanol–water partition coefficient (Wildman–Crippen LogP) is 0.979. The van der Waals surface area contributed by atoms with Crippen LogP contribution in [0.25, 0.3) is 11.1 Å². The molecule has 0 aliphatic heterocycles. The van der Waals surface area contributed by atoms with Crippen LogP contribution >= 0.6 is 0 Å². The molecule has 0 bridgehead atoms. The van der Waals surface area contributed by atoms with Gasteiger partial charge in [-0.1, -0.05) is 6.07 Å². The van der Waals surface area contributed by atoms with Crippen molar-refractivity contribution >= 4 is 23.0 Å². The van der Waals surface area contributed by atoms with E-state index in [1.807, 2.05) is 13.0 Å². The van der Waals surface area contributed by atoms with Gasteiger partial charge in [-0.15, -0.1) is 5.10 Å². The molecule has 3 rings (SSSR count). The number of benzene rings is 1. The van der Waals surface area contributed by atoms with Gasteiger partial charge in [0.1, 0.15) is 12.4 Å². The molecule has 2 heterocycles. The first-order valence-electron chi connectivity index (χ1n) is 6.71. The molecule has 0 saturated carbocycles. The maximum absolute atomic E-state index is 12.1. The Bertz CT molecular complexity index is 899. The molecular formula is C14H15N5O3. The minimum atomic E-state index is -0.569. The summed E-state index contributed by atoms with van der Waals surface area (Å²) in [7, 11) is 1.73. The SMILES string of the molecule is Cc1ccc2oc(=O)n(CC(=O)Nc3nc(C)n(C)n3)c2c1. The molecule has 1 aromatic carbocycles. The molecule has 22 heavy (non-hydrogen) atoms. The van der Waals surface area contributed by atoms with Gasteiger partial charge in [-0.25, -0.2) is 4.79 Å². The highest BCUT2D eigenvalue weighted by atomic mass is 16.4. The summed E-state index contributed by atoms with van der Waals surface area (Å²) in [6.07, 6.45) is 0. The van der Waals surface area contributed by atoms with Crippen molar-refractivity contribution in [3.05, 3.63) is 40.1 Å². The average molecular weight is 301 g/mol. The highest BCUT2D eigenvalue weighted by molar-refractivity contribution is 5.89. The van der Waals surface area contributed by atoms with Gasteiger partial charge in [0.2, 0.25) is 11.9 Å². The first kappa shape index (κ1) is 14.1. The number of carbonyl (C=O) groups is 1. The van der Waals surface area contributed by atoms with Crippen LogP contribution < -0.4 is 11.1 Å². The van der Waals surface area contributed by atoms with E-state index in [0.717, 1.165) is 5.56 Å². The maximum Gasteiger partial charge on any atom is 0.420 e. The molecule has 8 heteroatoms. The fourth-order valence-corrected chi connectivity index (χ4v) is 2.15. The summed E-state index contributed by atoms with van der Waals surface area (Å²) in [5.74, 6) is -0.0725. The van der Waals surface area contributed by atoms with Crippen molar-refractivity contribution in [3.63, 3.8) is 0 Å². The number of oxazole rings is 1. The van der Waals surface area contributed by atoms with E-state index in [-0.39, 0.29) is 12.5 Å². The molecule has 3 aromatic rings. The summed E-state index contributed by atoms with van der Waals surface area (Å²) in [6.45, 7) is 3.52. The van der Waals surface area contributed by atoms with Gasteiger partial charge in [0.05, 0.1) is 5.52 Å². The van der Waals surface area contributed by atoms with Crippen molar-refractivity contribution in [1.29, 1.82) is 0 Å². The number of hydrogen-bond acceptors (Lipinski definition) is 5. The van der Waals surface area contributed by atoms with Crippen molar-refractivity contribution in [2.75, 3.05) is 5.32 Å². The zero-order valence-corrected chi connectivity index (χ0v) is 12.5. The highest BCUT2D eigenvalue weighted by Crippen LogP contribution is 2.14. The molecule has 0 spiro atoms. The number of carbonyl (C=O) groups excluding carboxylic acids is 1. The van der Waals surface area contributed by atoms with Crippen molar-refractivity contribution in [2.45, 2.75) is 20.4 Å². The van der Waals surface area contributed by atoms with Gasteiger partial charge in [0, 0.05) is 7.05 Å². The third-order valence-electron chi connectivity index (χ3n) is 3.36. The van der Waals surface area contributed by atoms with Gasteiger partial charge in [-0.3, -0.25) is 19.4 Å². The summed E-state index contributed by atoms with van der Waals surface area (Å²) in [6, 6.07) is 5.36. The van der Waals surface area contributed by atoms with Crippen LogP contribution in [0.15, 0.2) is 27.4 Å². The minimum absolute atomic E-state index is 0.160. The second kappa shape index (κ2) is 5.14. The van der Waals surface area contributed by atoms with Gasteiger partial charge >= 0.3 is 5.76 Å². The quantitative estimate of drug-likeness (QED) is 0.778. The summed E-state index contributed by atoms with van der Waals surface area (Å²) in [5, 5.41) is 6.61. The standard InChI is InChI=1S/C14H15N5O3/c1-8-4-5-11-10(6-8)19(14(21)22-11)7-12(20)16-13-15-9(2)18(3)17-13/h4-6H,7H2,1-3H3,(H,16,17,20). The number of aromatic nitrogens is 4. The fraction of sp³-hybridized carbons (Fsp3) is 0.286. The van der Waals surface area contributed by atoms with Crippen LogP contribution in [0.1, 0.15) is 11.4 Å². The maximum atomic E-state index is 12.1. The molecule has 0 radical (unpaired) electrons. The van der Waals surface area contributed by atoms with E-state index in [2.05, 4.69) is 15.4 Å². The van der Waals surface area contributed by atoms with E-state index in [1.165, 1.54) is 4.57 Å². The van der Waals surface area contributed by atoms with E-state index in [0.29, 0.717) is 16.9 Å². The van der Waals surface area contributed by atoms with Crippen molar-refractivity contribution in [3.8, 4) is 0 Å². The normalized spacial score (nSPS) is 11.0. The van der Waals surface area contributed by atoms with Gasteiger partial charge in [-0.05, 0) is 31.5 Å². The van der Waals surface area contributed by atoms with E-state index >= 15 is 0 Å². The lowest BCUT2D eigenvalue weighted by Crippen LogP contribution is -2.25. The second-order valence-corrected chi connectivity index (χ2v) is 5.08. The van der Waals surface area contributed by atoms with Gasteiger partial charge < -0.3 is 4.42 Å². The lowest BCUT2D eigenvalue weighted by atomic mass is 10.2. The molecule has 0 fully saturated rings. The zero-order chi connectivity index (χ0) is 15.9. The summed E-state index contributed by atoms with van der Waals surface area (Å²) in [4.78, 5) is 28.0. The molecule has 0 aliphatic rings. The van der Waals surface area contributed by atoms with Crippen LogP contribution in [-0.4, -0.2) is 25.2 Å². The smallest absolute Gasteiger partial charge is 0.408 e. The van der Waals surface area contributed by atoms with Crippen LogP contribution in [-0.2, 0) is 18.4 Å². The second-order valence-electron chi connectivity index (χ2n) is 5.08. The van der Waals surface area contributed by atoms with Crippen molar-refractivity contribution < 1.29 is 9.21 Å². The summed E-state index contributed by atoms with van der Waals surface area (Å²) in [5.41, 5.74) is 2.02. The van der Waals surface area contributed by atoms with Crippen molar-refractivity contribution in [1.82, 2.24) is 19.3 Å². The molecule has 0 unspecified atom stereocenters. The predicted molar refractivity (Wildman–Crippen MR) is 79.6 cm³/mol. The monoisotopic (exact) mass is 301 g/mol. The molecule has 114 valence electrons. The molecule has 1 N–H and O–H groups in total. The van der Waals surface area contributed by atoms with Crippen molar-refractivity contribution in [2.24, 2.45) is 7.05 Å². The van der Waals surface area contributed by atoms with Crippen LogP contribution in [0.4, 0.5) is 5.95 Å². The highest BCUT2D eigenvalue weighted by Gasteiger charge is 2.14. The Morgan fingerprint density at radius 1 is 1.36 bits per heavy atom. The molecular weight excluding hydrogens is 286 g/mol. The third-order valence-corrected chi connectivity index (χ3v) is 3.36. The lowest BCUT2D eigenvalue weighted by molar-refractivity contribution is -0.116. The average Bonchev–Trinajstić information content (AvgIpc) is 2.91. The summed E-state index contributed by atoms with van der Waals surface area (Å²) >= 11 is 0. The topological polar surface area (TPSA) is 95.0 Å². The number of amides is 1. The Morgan fingerprint density at radius 3 is 2.82 bits per heavy atom. The minimum Gasteiger partial charge on any atom is -0.408 e. The Balaban J connectivity index is 1.86. The fourth-order valence-electron chi connectivity index (χ4n) is 2.15. The van der Waals surface area contributed by atoms with Crippen LogP contribution in [0, 0.1) is 13.8 Å². The molecule has 0 aliphatic carbocycles. The van der Waals surface area contributed by atoms with E-state index in [1.54, 1.807) is 30.8 Å². The molecule has 0 atom stereocenters. The van der Waals surface area contributed by atoms with Crippen LogP contribution in [0.5, 0.6) is 0 Å². The Hall–Kier alpha value is -2.90. The number of anilines is 1. The Labute approximate surface area is 125 Å². The third kappa shape index (κ3) is 2.50. The largest absolute Gasteiger partial charge is 0.420 e. The Kier molecular flexibility index (Phi) is 3.28. The molecule has 8 nitrogen and oxygen atoms in total. The van der Waals surface area contributed by atoms with Gasteiger partial charge in [-0.2, -0.15) is 4.98 Å². The number of nitrogens with one attached hydrogen (secondary N) is 1. The molecule has 1 amide bonds. The van der Waals surface area contributed by atoms with Gasteiger partial charge in [0.15, 0.2) is 5.58 Å². The van der Waals surface area contributed by atoms with Gasteiger partial charge in [0.25, 0.3) is 0 Å². The first-order valence-corrected chi connectivity index (χ1v) is 6.71. The van der Waals surface area contributed by atoms with E-state index < -0.39 is 11.7 Å². The number of aryl methyl sites for hydroxylation is 3. The number of nitrogens with zero attached hydrogens (tertiary/aromatic N) is 4. The Morgan fingerprint density at radius 2 is 2.14 bits per heavy atom. The van der Waals surface area contributed by atoms with Crippen LogP contribution in [0.2, 0.25) is 0 Å². The zero-order valence-electron chi connectivity index (χ0n) is 12.5. The van der Waals surface area contributed by atoms with E-state index in [4.69, 9.17) is 4.42 Å².